The number of hydrogen-bond donors (Lipinski definition) is 2. The number of nitrogens with zero attached hydrogens (tertiary/aromatic N) is 1. The summed E-state index contributed by atoms with van der Waals surface area (Å²) >= 11 is 0. The molecular formula is C29H59NO2. The fourth-order valence-electron chi connectivity index (χ4n) is 4.48. The Morgan fingerprint density at radius 3 is 1.44 bits per heavy atom. The second kappa shape index (κ2) is 25.2. The molecule has 0 aliphatic rings. The van der Waals surface area contributed by atoms with Gasteiger partial charge in [-0.2, -0.15) is 0 Å². The molecule has 3 nitrogen and oxygen atoms in total. The molecule has 3 heteroatoms. The fourth-order valence-corrected chi connectivity index (χ4v) is 4.48. The first-order valence-electron chi connectivity index (χ1n) is 14.4. The van der Waals surface area contributed by atoms with Gasteiger partial charge in [-0.25, -0.2) is 0 Å². The third-order valence-electron chi connectivity index (χ3n) is 6.71. The molecule has 0 fully saturated rings. The van der Waals surface area contributed by atoms with Crippen LogP contribution < -0.4 is 0 Å². The molecule has 192 valence electrons. The van der Waals surface area contributed by atoms with Crippen LogP contribution in [0.2, 0.25) is 0 Å². The van der Waals surface area contributed by atoms with Crippen molar-refractivity contribution in [3.05, 3.63) is 12.2 Å². The van der Waals surface area contributed by atoms with Crippen molar-refractivity contribution in [3.8, 4) is 0 Å². The topological polar surface area (TPSA) is 43.7 Å². The van der Waals surface area contributed by atoms with E-state index in [1.54, 1.807) is 0 Å². The van der Waals surface area contributed by atoms with Gasteiger partial charge in [0.15, 0.2) is 0 Å². The molecule has 0 aliphatic heterocycles. The van der Waals surface area contributed by atoms with Gasteiger partial charge in [-0.05, 0) is 38.8 Å². The average Bonchev–Trinajstić information content (AvgIpc) is 2.80. The van der Waals surface area contributed by atoms with Crippen LogP contribution in [0.25, 0.3) is 0 Å². The van der Waals surface area contributed by atoms with E-state index >= 15 is 0 Å². The Labute approximate surface area is 202 Å². The van der Waals surface area contributed by atoms with Crippen molar-refractivity contribution in [1.82, 2.24) is 4.90 Å². The molecule has 32 heavy (non-hydrogen) atoms. The molecular weight excluding hydrogens is 394 g/mol. The van der Waals surface area contributed by atoms with E-state index in [1.807, 2.05) is 6.08 Å². The number of allylic oxidation sites excluding steroid dienone is 1. The summed E-state index contributed by atoms with van der Waals surface area (Å²) in [6, 6.07) is -0.165. The lowest BCUT2D eigenvalue weighted by molar-refractivity contribution is 0.0369. The van der Waals surface area contributed by atoms with Crippen molar-refractivity contribution in [2.75, 3.05) is 19.7 Å². The molecule has 0 radical (unpaired) electrons. The van der Waals surface area contributed by atoms with E-state index < -0.39 is 6.10 Å². The lowest BCUT2D eigenvalue weighted by atomic mass is 10.0. The number of hydrogen-bond acceptors (Lipinski definition) is 3. The van der Waals surface area contributed by atoms with Crippen LogP contribution in [0.1, 0.15) is 143 Å². The van der Waals surface area contributed by atoms with Crippen LogP contribution in [0.4, 0.5) is 0 Å². The highest BCUT2D eigenvalue weighted by molar-refractivity contribution is 4.96. The van der Waals surface area contributed by atoms with E-state index in [9.17, 15) is 10.2 Å². The van der Waals surface area contributed by atoms with E-state index in [1.165, 1.54) is 103 Å². The number of unbranched alkanes of at least 4 members (excludes halogenated alkanes) is 16. The van der Waals surface area contributed by atoms with Crippen LogP contribution in [-0.4, -0.2) is 47.0 Å². The highest BCUT2D eigenvalue weighted by Crippen LogP contribution is 2.14. The van der Waals surface area contributed by atoms with Crippen molar-refractivity contribution in [3.63, 3.8) is 0 Å². The van der Waals surface area contributed by atoms with Crippen molar-refractivity contribution in [2.45, 2.75) is 155 Å². The monoisotopic (exact) mass is 453 g/mol. The molecule has 0 amide bonds. The Hall–Kier alpha value is -0.380. The standard InChI is InChI=1S/C29H59NO2/c1-4-7-10-13-14-15-16-17-18-19-20-21-24-29(32)28(27-31)30(25-22-11-8-5-2)26-23-12-9-6-3/h21,24,28-29,31-32H,4-20,22-23,25-27H2,1-3H3/b24-21+/t28?,29-/m1/s1. The largest absolute Gasteiger partial charge is 0.395 e. The van der Waals surface area contributed by atoms with E-state index in [0.717, 1.165) is 32.4 Å². The van der Waals surface area contributed by atoms with E-state index in [-0.39, 0.29) is 12.6 Å². The second-order valence-electron chi connectivity index (χ2n) is 9.80. The lowest BCUT2D eigenvalue weighted by Crippen LogP contribution is -2.46. The molecule has 0 heterocycles. The third-order valence-corrected chi connectivity index (χ3v) is 6.71. The summed E-state index contributed by atoms with van der Waals surface area (Å²) in [6.07, 6.45) is 27.9. The van der Waals surface area contributed by atoms with Crippen LogP contribution in [-0.2, 0) is 0 Å². The smallest absolute Gasteiger partial charge is 0.0898 e. The van der Waals surface area contributed by atoms with Crippen molar-refractivity contribution in [1.29, 1.82) is 0 Å². The van der Waals surface area contributed by atoms with E-state index in [0.29, 0.717) is 0 Å². The Bertz CT molecular complexity index is 373. The molecule has 0 aliphatic carbocycles. The zero-order valence-electron chi connectivity index (χ0n) is 22.2. The Morgan fingerprint density at radius 1 is 0.594 bits per heavy atom. The van der Waals surface area contributed by atoms with Gasteiger partial charge >= 0.3 is 0 Å². The molecule has 2 N–H and O–H groups in total. The van der Waals surface area contributed by atoms with Gasteiger partial charge in [0.05, 0.1) is 18.8 Å². The predicted octanol–water partition coefficient (Wildman–Crippen LogP) is 8.04. The second-order valence-corrected chi connectivity index (χ2v) is 9.80. The van der Waals surface area contributed by atoms with Gasteiger partial charge in [0, 0.05) is 0 Å². The highest BCUT2D eigenvalue weighted by Gasteiger charge is 2.23. The van der Waals surface area contributed by atoms with Crippen LogP contribution in [0.5, 0.6) is 0 Å². The number of aliphatic hydroxyl groups excluding tert-OH is 2. The molecule has 0 aromatic carbocycles. The predicted molar refractivity (Wildman–Crippen MR) is 142 cm³/mol. The molecule has 0 saturated heterocycles. The zero-order chi connectivity index (χ0) is 23.7. The number of rotatable bonds is 25. The van der Waals surface area contributed by atoms with Gasteiger partial charge in [-0.1, -0.05) is 129 Å². The summed E-state index contributed by atoms with van der Waals surface area (Å²) in [7, 11) is 0. The minimum absolute atomic E-state index is 0.0331. The van der Waals surface area contributed by atoms with Crippen molar-refractivity contribution >= 4 is 0 Å². The minimum atomic E-state index is -0.569. The molecule has 0 spiro atoms. The van der Waals surface area contributed by atoms with Gasteiger partial charge in [-0.15, -0.1) is 0 Å². The molecule has 2 atom stereocenters. The minimum Gasteiger partial charge on any atom is -0.395 e. The van der Waals surface area contributed by atoms with Gasteiger partial charge in [0.2, 0.25) is 0 Å². The van der Waals surface area contributed by atoms with Gasteiger partial charge in [0.1, 0.15) is 0 Å². The average molecular weight is 454 g/mol. The normalized spacial score (nSPS) is 13.9. The molecule has 0 saturated carbocycles. The zero-order valence-corrected chi connectivity index (χ0v) is 22.2. The van der Waals surface area contributed by atoms with Crippen molar-refractivity contribution < 1.29 is 10.2 Å². The third kappa shape index (κ3) is 19.1. The molecule has 0 aromatic heterocycles. The summed E-state index contributed by atoms with van der Waals surface area (Å²) < 4.78 is 0. The Kier molecular flexibility index (Phi) is 24.9. The van der Waals surface area contributed by atoms with Crippen LogP contribution in [0.15, 0.2) is 12.2 Å². The summed E-state index contributed by atoms with van der Waals surface area (Å²) in [5.74, 6) is 0. The molecule has 1 unspecified atom stereocenters. The maximum atomic E-state index is 10.8. The Balaban J connectivity index is 4.18. The highest BCUT2D eigenvalue weighted by atomic mass is 16.3. The van der Waals surface area contributed by atoms with E-state index in [2.05, 4.69) is 31.7 Å². The summed E-state index contributed by atoms with van der Waals surface area (Å²) in [5, 5.41) is 20.8. The molecule has 0 rings (SSSR count). The van der Waals surface area contributed by atoms with Gasteiger partial charge in [0.25, 0.3) is 0 Å². The van der Waals surface area contributed by atoms with Gasteiger partial charge < -0.3 is 10.2 Å². The summed E-state index contributed by atoms with van der Waals surface area (Å²) in [4.78, 5) is 2.35. The van der Waals surface area contributed by atoms with E-state index in [4.69, 9.17) is 0 Å². The van der Waals surface area contributed by atoms with Crippen molar-refractivity contribution in [2.24, 2.45) is 0 Å². The summed E-state index contributed by atoms with van der Waals surface area (Å²) in [6.45, 7) is 8.76. The first-order chi connectivity index (χ1) is 15.7. The quantitative estimate of drug-likeness (QED) is 0.109. The lowest BCUT2D eigenvalue weighted by Gasteiger charge is -2.33. The maximum Gasteiger partial charge on any atom is 0.0898 e. The summed E-state index contributed by atoms with van der Waals surface area (Å²) in [5.41, 5.74) is 0. The van der Waals surface area contributed by atoms with Crippen LogP contribution in [0, 0.1) is 0 Å². The SMILES string of the molecule is CCCCCCCCCCCC/C=C/[C@@H](O)C(CO)N(CCCCCC)CCCCCC. The number of aliphatic hydroxyl groups is 2. The first kappa shape index (κ1) is 31.6. The van der Waals surface area contributed by atoms with Crippen LogP contribution >= 0.6 is 0 Å². The Morgan fingerprint density at radius 2 is 1.00 bits per heavy atom. The molecule has 0 bridgehead atoms. The maximum absolute atomic E-state index is 10.8. The van der Waals surface area contributed by atoms with Gasteiger partial charge in [-0.3, -0.25) is 4.90 Å². The fraction of sp³-hybridized carbons (Fsp3) is 0.931. The molecule has 0 aromatic rings. The van der Waals surface area contributed by atoms with Crippen LogP contribution in [0.3, 0.4) is 0 Å². The first-order valence-corrected chi connectivity index (χ1v) is 14.4.